The lowest BCUT2D eigenvalue weighted by Crippen LogP contribution is -2.43. The van der Waals surface area contributed by atoms with E-state index in [2.05, 4.69) is 31.9 Å². The molecule has 0 aliphatic carbocycles. The van der Waals surface area contributed by atoms with Crippen molar-refractivity contribution in [2.24, 2.45) is 0 Å². The van der Waals surface area contributed by atoms with Gasteiger partial charge in [0.05, 0.1) is 6.04 Å². The Morgan fingerprint density at radius 1 is 1.33 bits per heavy atom. The molecule has 1 atom stereocenters. The molecule has 0 aromatic carbocycles. The van der Waals surface area contributed by atoms with Gasteiger partial charge in [-0.1, -0.05) is 0 Å². The Hall–Kier alpha value is -0.940. The molecule has 1 aromatic heterocycles. The van der Waals surface area contributed by atoms with Crippen LogP contribution < -0.4 is 5.32 Å². The van der Waals surface area contributed by atoms with Crippen LogP contribution in [0.3, 0.4) is 0 Å². The zero-order chi connectivity index (χ0) is 12.4. The minimum absolute atomic E-state index is 0.496. The number of hydrogen-bond acceptors (Lipinski definition) is 4. The highest BCUT2D eigenvalue weighted by atomic mass is 15.4. The number of piperidine rings is 1. The first kappa shape index (κ1) is 12.1. The Kier molecular flexibility index (Phi) is 3.61. The predicted molar refractivity (Wildman–Crippen MR) is 70.3 cm³/mol. The van der Waals surface area contributed by atoms with E-state index in [1.165, 1.54) is 38.1 Å². The zero-order valence-corrected chi connectivity index (χ0v) is 11.2. The molecule has 0 spiro atoms. The first-order chi connectivity index (χ1) is 8.90. The van der Waals surface area contributed by atoms with E-state index in [0.29, 0.717) is 6.04 Å². The molecule has 5 heteroatoms. The molecule has 0 radical (unpaired) electrons. The highest BCUT2D eigenvalue weighted by Crippen LogP contribution is 2.34. The predicted octanol–water partition coefficient (Wildman–Crippen LogP) is 1.19. The summed E-state index contributed by atoms with van der Waals surface area (Å²) in [5.41, 5.74) is 0. The fraction of sp³-hybridized carbons (Fsp3) is 0.846. The number of nitrogens with one attached hydrogen (secondary N) is 1. The summed E-state index contributed by atoms with van der Waals surface area (Å²) < 4.78 is 2.06. The first-order valence-electron chi connectivity index (χ1n) is 7.24. The van der Waals surface area contributed by atoms with Crippen LogP contribution >= 0.6 is 0 Å². The molecule has 18 heavy (non-hydrogen) atoms. The SMILES string of the molecule is CCn1ncnc1C1CCCN1C1CCNCC1. The second-order valence-corrected chi connectivity index (χ2v) is 5.31. The van der Waals surface area contributed by atoms with E-state index in [-0.39, 0.29) is 0 Å². The van der Waals surface area contributed by atoms with Crippen molar-refractivity contribution >= 4 is 0 Å². The molecule has 0 amide bonds. The summed E-state index contributed by atoms with van der Waals surface area (Å²) in [5.74, 6) is 1.17. The molecule has 100 valence electrons. The highest BCUT2D eigenvalue weighted by molar-refractivity contribution is 5.00. The van der Waals surface area contributed by atoms with Crippen LogP contribution in [0.2, 0.25) is 0 Å². The normalized spacial score (nSPS) is 26.8. The first-order valence-corrected chi connectivity index (χ1v) is 7.24. The van der Waals surface area contributed by atoms with Crippen molar-refractivity contribution in [1.29, 1.82) is 0 Å². The lowest BCUT2D eigenvalue weighted by molar-refractivity contribution is 0.140. The van der Waals surface area contributed by atoms with Gasteiger partial charge < -0.3 is 5.32 Å². The van der Waals surface area contributed by atoms with Crippen molar-refractivity contribution in [3.63, 3.8) is 0 Å². The Morgan fingerprint density at radius 3 is 2.94 bits per heavy atom. The van der Waals surface area contributed by atoms with Gasteiger partial charge in [-0.2, -0.15) is 5.10 Å². The van der Waals surface area contributed by atoms with Gasteiger partial charge in [-0.05, 0) is 52.2 Å². The van der Waals surface area contributed by atoms with E-state index in [0.717, 1.165) is 25.7 Å². The second kappa shape index (κ2) is 5.36. The number of likely N-dealkylation sites (tertiary alicyclic amines) is 1. The molecule has 5 nitrogen and oxygen atoms in total. The van der Waals surface area contributed by atoms with Crippen LogP contribution in [-0.2, 0) is 6.54 Å². The maximum absolute atomic E-state index is 4.51. The lowest BCUT2D eigenvalue weighted by Gasteiger charge is -2.35. The fourth-order valence-corrected chi connectivity index (χ4v) is 3.42. The number of rotatable bonds is 3. The van der Waals surface area contributed by atoms with Gasteiger partial charge in [0, 0.05) is 12.6 Å². The van der Waals surface area contributed by atoms with Crippen molar-refractivity contribution in [2.45, 2.75) is 51.2 Å². The minimum Gasteiger partial charge on any atom is -0.317 e. The fourth-order valence-electron chi connectivity index (χ4n) is 3.42. The molecule has 0 saturated carbocycles. The van der Waals surface area contributed by atoms with E-state index < -0.39 is 0 Å². The maximum atomic E-state index is 4.51. The molecule has 3 heterocycles. The van der Waals surface area contributed by atoms with Crippen LogP contribution in [0.5, 0.6) is 0 Å². The second-order valence-electron chi connectivity index (χ2n) is 5.31. The Labute approximate surface area is 109 Å². The van der Waals surface area contributed by atoms with Gasteiger partial charge in [-0.25, -0.2) is 9.67 Å². The van der Waals surface area contributed by atoms with E-state index in [4.69, 9.17) is 0 Å². The van der Waals surface area contributed by atoms with Crippen molar-refractivity contribution in [3.05, 3.63) is 12.2 Å². The molecule has 1 unspecified atom stereocenters. The molecule has 3 rings (SSSR count). The largest absolute Gasteiger partial charge is 0.317 e. The van der Waals surface area contributed by atoms with Crippen LogP contribution in [0.1, 0.15) is 44.5 Å². The zero-order valence-electron chi connectivity index (χ0n) is 11.2. The molecule has 0 bridgehead atoms. The van der Waals surface area contributed by atoms with Crippen LogP contribution in [0.25, 0.3) is 0 Å². The van der Waals surface area contributed by atoms with E-state index >= 15 is 0 Å². The van der Waals surface area contributed by atoms with Crippen LogP contribution in [0.15, 0.2) is 6.33 Å². The maximum Gasteiger partial charge on any atom is 0.144 e. The van der Waals surface area contributed by atoms with E-state index in [1.807, 2.05) is 0 Å². The van der Waals surface area contributed by atoms with Crippen LogP contribution in [0, 0.1) is 0 Å². The molecule has 2 saturated heterocycles. The summed E-state index contributed by atoms with van der Waals surface area (Å²) in [4.78, 5) is 7.19. The smallest absolute Gasteiger partial charge is 0.144 e. The van der Waals surface area contributed by atoms with Crippen molar-refractivity contribution in [3.8, 4) is 0 Å². The Balaban J connectivity index is 1.78. The third-order valence-electron chi connectivity index (χ3n) is 4.31. The van der Waals surface area contributed by atoms with Gasteiger partial charge in [0.25, 0.3) is 0 Å². The Bertz CT molecular complexity index is 382. The van der Waals surface area contributed by atoms with Crippen LogP contribution in [-0.4, -0.2) is 45.3 Å². The molecular weight excluding hydrogens is 226 g/mol. The average Bonchev–Trinajstić information content (AvgIpc) is 3.07. The lowest BCUT2D eigenvalue weighted by atomic mass is 10.0. The highest BCUT2D eigenvalue weighted by Gasteiger charge is 2.34. The standard InChI is InChI=1S/C13H23N5/c1-2-18-13(15-10-16-18)12-4-3-9-17(12)11-5-7-14-8-6-11/h10-12,14H,2-9H2,1H3. The quantitative estimate of drug-likeness (QED) is 0.874. The van der Waals surface area contributed by atoms with Gasteiger partial charge in [0.15, 0.2) is 0 Å². The third kappa shape index (κ3) is 2.17. The monoisotopic (exact) mass is 249 g/mol. The summed E-state index contributed by atoms with van der Waals surface area (Å²) in [6, 6.07) is 1.23. The number of aromatic nitrogens is 3. The van der Waals surface area contributed by atoms with Gasteiger partial charge in [-0.15, -0.1) is 0 Å². The minimum atomic E-state index is 0.496. The van der Waals surface area contributed by atoms with Gasteiger partial charge in [0.2, 0.25) is 0 Å². The molecule has 2 fully saturated rings. The summed E-state index contributed by atoms with van der Waals surface area (Å²) in [5, 5.41) is 7.78. The van der Waals surface area contributed by atoms with Crippen molar-refractivity contribution in [1.82, 2.24) is 25.0 Å². The molecule has 2 aliphatic heterocycles. The van der Waals surface area contributed by atoms with Crippen molar-refractivity contribution in [2.75, 3.05) is 19.6 Å². The van der Waals surface area contributed by atoms with Gasteiger partial charge >= 0.3 is 0 Å². The topological polar surface area (TPSA) is 46.0 Å². The van der Waals surface area contributed by atoms with E-state index in [9.17, 15) is 0 Å². The number of aryl methyl sites for hydroxylation is 1. The number of nitrogens with zero attached hydrogens (tertiary/aromatic N) is 4. The van der Waals surface area contributed by atoms with E-state index in [1.54, 1.807) is 6.33 Å². The Morgan fingerprint density at radius 2 is 2.17 bits per heavy atom. The van der Waals surface area contributed by atoms with Crippen molar-refractivity contribution < 1.29 is 0 Å². The van der Waals surface area contributed by atoms with Gasteiger partial charge in [0.1, 0.15) is 12.2 Å². The van der Waals surface area contributed by atoms with Crippen LogP contribution in [0.4, 0.5) is 0 Å². The third-order valence-corrected chi connectivity index (χ3v) is 4.31. The number of hydrogen-bond donors (Lipinski definition) is 1. The summed E-state index contributed by atoms with van der Waals surface area (Å²) >= 11 is 0. The average molecular weight is 249 g/mol. The summed E-state index contributed by atoms with van der Waals surface area (Å²) in [6.45, 7) is 6.61. The molecule has 2 aliphatic rings. The molecule has 1 N–H and O–H groups in total. The summed E-state index contributed by atoms with van der Waals surface area (Å²) in [7, 11) is 0. The molecular formula is C13H23N5. The van der Waals surface area contributed by atoms with Gasteiger partial charge in [-0.3, -0.25) is 4.90 Å². The summed E-state index contributed by atoms with van der Waals surface area (Å²) in [6.07, 6.45) is 6.79. The molecule has 1 aromatic rings.